The third-order valence-corrected chi connectivity index (χ3v) is 3.51. The number of hydrogen-bond donors (Lipinski definition) is 1. The highest BCUT2D eigenvalue weighted by atomic mass is 16.5. The third-order valence-electron chi connectivity index (χ3n) is 3.51. The van der Waals surface area contributed by atoms with Gasteiger partial charge in [0.15, 0.2) is 0 Å². The maximum Gasteiger partial charge on any atom is 0.273 e. The monoisotopic (exact) mass is 340 g/mol. The summed E-state index contributed by atoms with van der Waals surface area (Å²) >= 11 is 0. The topological polar surface area (TPSA) is 90.4 Å². The van der Waals surface area contributed by atoms with Crippen molar-refractivity contribution in [2.45, 2.75) is 27.2 Å². The summed E-state index contributed by atoms with van der Waals surface area (Å²) in [6, 6.07) is 7.07. The van der Waals surface area contributed by atoms with E-state index in [4.69, 9.17) is 4.74 Å². The highest BCUT2D eigenvalue weighted by molar-refractivity contribution is 5.83. The van der Waals surface area contributed by atoms with E-state index >= 15 is 0 Å². The summed E-state index contributed by atoms with van der Waals surface area (Å²) in [4.78, 5) is 0. The predicted octanol–water partition coefficient (Wildman–Crippen LogP) is 2.46. The van der Waals surface area contributed by atoms with Crippen LogP contribution in [0.25, 0.3) is 5.95 Å². The smallest absolute Gasteiger partial charge is 0.273 e. The van der Waals surface area contributed by atoms with Crippen molar-refractivity contribution < 1.29 is 9.84 Å². The number of phenolic OH excluding ortho intramolecular Hbond substituents is 1. The molecule has 1 N–H and O–H groups in total. The molecule has 0 aliphatic heterocycles. The molecule has 2 aromatic heterocycles. The van der Waals surface area contributed by atoms with Crippen LogP contribution in [0.15, 0.2) is 35.7 Å². The largest absolute Gasteiger partial charge is 0.507 e. The second kappa shape index (κ2) is 7.16. The van der Waals surface area contributed by atoms with Gasteiger partial charge >= 0.3 is 0 Å². The molecule has 0 aliphatic carbocycles. The van der Waals surface area contributed by atoms with Crippen LogP contribution in [-0.4, -0.2) is 42.6 Å². The summed E-state index contributed by atoms with van der Waals surface area (Å²) in [5.41, 5.74) is 2.38. The lowest BCUT2D eigenvalue weighted by molar-refractivity contribution is 0.315. The Bertz CT molecular complexity index is 896. The number of aryl methyl sites for hydroxylation is 2. The van der Waals surface area contributed by atoms with Crippen molar-refractivity contribution >= 4 is 6.21 Å². The van der Waals surface area contributed by atoms with E-state index in [0.717, 1.165) is 17.8 Å². The zero-order valence-electron chi connectivity index (χ0n) is 14.4. The molecule has 0 atom stereocenters. The van der Waals surface area contributed by atoms with E-state index in [-0.39, 0.29) is 5.75 Å². The van der Waals surface area contributed by atoms with Crippen molar-refractivity contribution in [3.05, 3.63) is 47.5 Å². The van der Waals surface area contributed by atoms with E-state index in [1.54, 1.807) is 22.9 Å². The SMILES string of the molecule is CCCOc1ccc(/C=N/n2cnnc2-n2nc(C)cc2C)c(O)c1. The standard InChI is InChI=1S/C17H20N6O2/c1-4-7-25-15-6-5-14(16(24)9-15)10-19-22-11-18-20-17(22)23-13(3)8-12(2)21-23/h5-6,8-11,24H,4,7H2,1-3H3/b19-10+. The Balaban J connectivity index is 1.84. The van der Waals surface area contributed by atoms with Crippen LogP contribution < -0.4 is 4.74 Å². The highest BCUT2D eigenvalue weighted by Crippen LogP contribution is 2.22. The van der Waals surface area contributed by atoms with Crippen LogP contribution in [0.2, 0.25) is 0 Å². The van der Waals surface area contributed by atoms with Crippen molar-refractivity contribution in [1.82, 2.24) is 24.7 Å². The summed E-state index contributed by atoms with van der Waals surface area (Å²) in [5, 5.41) is 26.8. The fourth-order valence-corrected chi connectivity index (χ4v) is 2.34. The van der Waals surface area contributed by atoms with Gasteiger partial charge < -0.3 is 9.84 Å². The van der Waals surface area contributed by atoms with Crippen LogP contribution in [0.1, 0.15) is 30.3 Å². The molecular weight excluding hydrogens is 320 g/mol. The molecule has 0 amide bonds. The van der Waals surface area contributed by atoms with Gasteiger partial charge in [0.25, 0.3) is 5.95 Å². The molecule has 0 bridgehead atoms. The number of ether oxygens (including phenoxy) is 1. The molecule has 8 heteroatoms. The Morgan fingerprint density at radius 2 is 2.12 bits per heavy atom. The number of aromatic nitrogens is 5. The summed E-state index contributed by atoms with van der Waals surface area (Å²) in [6.45, 7) is 6.48. The summed E-state index contributed by atoms with van der Waals surface area (Å²) in [7, 11) is 0. The molecule has 3 rings (SSSR count). The van der Waals surface area contributed by atoms with Crippen molar-refractivity contribution in [3.8, 4) is 17.4 Å². The first-order valence-corrected chi connectivity index (χ1v) is 8.02. The van der Waals surface area contributed by atoms with Gasteiger partial charge in [0.05, 0.1) is 18.5 Å². The molecule has 8 nitrogen and oxygen atoms in total. The molecule has 0 saturated heterocycles. The average molecular weight is 340 g/mol. The van der Waals surface area contributed by atoms with E-state index in [2.05, 4.69) is 20.4 Å². The summed E-state index contributed by atoms with van der Waals surface area (Å²) < 4.78 is 8.66. The second-order valence-electron chi connectivity index (χ2n) is 5.63. The van der Waals surface area contributed by atoms with E-state index in [9.17, 15) is 5.11 Å². The van der Waals surface area contributed by atoms with Gasteiger partial charge in [-0.3, -0.25) is 0 Å². The zero-order valence-corrected chi connectivity index (χ0v) is 14.4. The van der Waals surface area contributed by atoms with E-state index in [1.165, 1.54) is 17.2 Å². The Hall–Kier alpha value is -3.16. The van der Waals surface area contributed by atoms with Gasteiger partial charge in [-0.05, 0) is 38.5 Å². The predicted molar refractivity (Wildman–Crippen MR) is 93.5 cm³/mol. The molecule has 3 aromatic rings. The minimum absolute atomic E-state index is 0.0955. The Kier molecular flexibility index (Phi) is 4.78. The van der Waals surface area contributed by atoms with Crippen molar-refractivity contribution in [2.75, 3.05) is 6.61 Å². The first-order valence-electron chi connectivity index (χ1n) is 8.02. The van der Waals surface area contributed by atoms with Crippen LogP contribution in [-0.2, 0) is 0 Å². The number of hydrogen-bond acceptors (Lipinski definition) is 6. The van der Waals surface area contributed by atoms with Crippen LogP contribution in [0.3, 0.4) is 0 Å². The number of nitrogens with zero attached hydrogens (tertiary/aromatic N) is 6. The van der Waals surface area contributed by atoms with Gasteiger partial charge in [0, 0.05) is 17.3 Å². The third kappa shape index (κ3) is 3.68. The molecular formula is C17H20N6O2. The van der Waals surface area contributed by atoms with Gasteiger partial charge in [-0.15, -0.1) is 10.2 Å². The Morgan fingerprint density at radius 1 is 1.28 bits per heavy atom. The molecule has 1 aromatic carbocycles. The Labute approximate surface area is 145 Å². The highest BCUT2D eigenvalue weighted by Gasteiger charge is 2.10. The lowest BCUT2D eigenvalue weighted by atomic mass is 10.2. The van der Waals surface area contributed by atoms with Crippen LogP contribution in [0.4, 0.5) is 0 Å². The number of aromatic hydroxyl groups is 1. The summed E-state index contributed by atoms with van der Waals surface area (Å²) in [6.07, 6.45) is 3.93. The molecule has 2 heterocycles. The lowest BCUT2D eigenvalue weighted by Gasteiger charge is -2.06. The molecule has 0 unspecified atom stereocenters. The fourth-order valence-electron chi connectivity index (χ4n) is 2.34. The van der Waals surface area contributed by atoms with Gasteiger partial charge in [-0.1, -0.05) is 6.92 Å². The lowest BCUT2D eigenvalue weighted by Crippen LogP contribution is -2.06. The van der Waals surface area contributed by atoms with Crippen LogP contribution in [0, 0.1) is 13.8 Å². The average Bonchev–Trinajstić information content (AvgIpc) is 3.17. The van der Waals surface area contributed by atoms with Crippen LogP contribution in [0.5, 0.6) is 11.5 Å². The molecule has 0 radical (unpaired) electrons. The summed E-state index contributed by atoms with van der Waals surface area (Å²) in [5.74, 6) is 1.20. The molecule has 130 valence electrons. The minimum atomic E-state index is 0.0955. The number of rotatable bonds is 6. The number of benzene rings is 1. The Morgan fingerprint density at radius 3 is 2.80 bits per heavy atom. The minimum Gasteiger partial charge on any atom is -0.507 e. The molecule has 0 spiro atoms. The molecule has 0 aliphatic rings. The second-order valence-corrected chi connectivity index (χ2v) is 5.63. The van der Waals surface area contributed by atoms with Crippen molar-refractivity contribution in [1.29, 1.82) is 0 Å². The van der Waals surface area contributed by atoms with Crippen molar-refractivity contribution in [3.63, 3.8) is 0 Å². The first-order chi connectivity index (χ1) is 12.1. The number of phenols is 1. The van der Waals surface area contributed by atoms with Crippen molar-refractivity contribution in [2.24, 2.45) is 5.10 Å². The fraction of sp³-hybridized carbons (Fsp3) is 0.294. The van der Waals surface area contributed by atoms with Crippen LogP contribution >= 0.6 is 0 Å². The van der Waals surface area contributed by atoms with Gasteiger partial charge in [0.2, 0.25) is 0 Å². The maximum atomic E-state index is 10.1. The normalized spacial score (nSPS) is 11.3. The van der Waals surface area contributed by atoms with E-state index in [1.807, 2.05) is 26.8 Å². The first kappa shape index (κ1) is 16.7. The van der Waals surface area contributed by atoms with Gasteiger partial charge in [-0.25, -0.2) is 4.68 Å². The quantitative estimate of drug-likeness (QED) is 0.696. The molecule has 0 fully saturated rings. The molecule has 25 heavy (non-hydrogen) atoms. The maximum absolute atomic E-state index is 10.1. The zero-order chi connectivity index (χ0) is 17.8. The van der Waals surface area contributed by atoms with E-state index in [0.29, 0.717) is 23.9 Å². The van der Waals surface area contributed by atoms with Gasteiger partial charge in [-0.2, -0.15) is 14.9 Å². The van der Waals surface area contributed by atoms with Gasteiger partial charge in [0.1, 0.15) is 17.8 Å². The van der Waals surface area contributed by atoms with E-state index < -0.39 is 0 Å². The molecule has 0 saturated carbocycles.